The molecular formula is C17H24N4O2S. The molecule has 0 fully saturated rings. The number of aromatic nitrogens is 2. The van der Waals surface area contributed by atoms with E-state index in [0.29, 0.717) is 5.92 Å². The SMILES string of the molecule is CC(C)Cn1c(SCC(=O)NC(=O)NC(C)C)nc2ccccc21. The molecule has 2 rings (SSSR count). The molecule has 6 nitrogen and oxygen atoms in total. The molecule has 1 aromatic carbocycles. The lowest BCUT2D eigenvalue weighted by Gasteiger charge is -2.11. The van der Waals surface area contributed by atoms with Crippen molar-refractivity contribution in [3.8, 4) is 0 Å². The second-order valence-electron chi connectivity index (χ2n) is 6.35. The van der Waals surface area contributed by atoms with E-state index in [0.717, 1.165) is 22.7 Å². The lowest BCUT2D eigenvalue weighted by atomic mass is 10.2. The fourth-order valence-electron chi connectivity index (χ4n) is 2.30. The summed E-state index contributed by atoms with van der Waals surface area (Å²) in [6, 6.07) is 7.45. The van der Waals surface area contributed by atoms with Gasteiger partial charge in [0.15, 0.2) is 5.16 Å². The van der Waals surface area contributed by atoms with Crippen LogP contribution in [-0.4, -0.2) is 33.3 Å². The third-order valence-corrected chi connectivity index (χ3v) is 4.15. The smallest absolute Gasteiger partial charge is 0.321 e. The van der Waals surface area contributed by atoms with Crippen LogP contribution in [0, 0.1) is 5.92 Å². The van der Waals surface area contributed by atoms with E-state index in [1.807, 2.05) is 38.1 Å². The van der Waals surface area contributed by atoms with E-state index in [1.165, 1.54) is 11.8 Å². The van der Waals surface area contributed by atoms with Crippen LogP contribution in [0.2, 0.25) is 0 Å². The number of hydrogen-bond donors (Lipinski definition) is 2. The van der Waals surface area contributed by atoms with Crippen molar-refractivity contribution in [1.29, 1.82) is 0 Å². The summed E-state index contributed by atoms with van der Waals surface area (Å²) in [6.07, 6.45) is 0. The van der Waals surface area contributed by atoms with Gasteiger partial charge in [-0.25, -0.2) is 9.78 Å². The third kappa shape index (κ3) is 4.99. The second kappa shape index (κ2) is 8.19. The number of nitrogens with zero attached hydrogens (tertiary/aromatic N) is 2. The zero-order valence-electron chi connectivity index (χ0n) is 14.5. The molecule has 7 heteroatoms. The van der Waals surface area contributed by atoms with E-state index in [9.17, 15) is 9.59 Å². The molecule has 1 aromatic heterocycles. The average Bonchev–Trinajstić information content (AvgIpc) is 2.82. The highest BCUT2D eigenvalue weighted by Gasteiger charge is 2.15. The van der Waals surface area contributed by atoms with Gasteiger partial charge in [-0.2, -0.15) is 0 Å². The number of amides is 3. The number of carbonyl (C=O) groups excluding carboxylic acids is 2. The highest BCUT2D eigenvalue weighted by atomic mass is 32.2. The van der Waals surface area contributed by atoms with E-state index in [2.05, 4.69) is 34.0 Å². The summed E-state index contributed by atoms with van der Waals surface area (Å²) < 4.78 is 2.13. The van der Waals surface area contributed by atoms with Crippen molar-refractivity contribution < 1.29 is 9.59 Å². The van der Waals surface area contributed by atoms with Crippen LogP contribution in [0.5, 0.6) is 0 Å². The molecule has 0 atom stereocenters. The van der Waals surface area contributed by atoms with Gasteiger partial charge in [0.05, 0.1) is 16.8 Å². The number of para-hydroxylation sites is 2. The van der Waals surface area contributed by atoms with Crippen LogP contribution in [0.1, 0.15) is 27.7 Å². The van der Waals surface area contributed by atoms with Crippen molar-refractivity contribution in [3.63, 3.8) is 0 Å². The molecule has 2 aromatic rings. The Morgan fingerprint density at radius 2 is 1.92 bits per heavy atom. The first-order chi connectivity index (χ1) is 11.4. The summed E-state index contributed by atoms with van der Waals surface area (Å²) in [7, 11) is 0. The minimum absolute atomic E-state index is 0.0132. The number of rotatable bonds is 6. The number of hydrogen-bond acceptors (Lipinski definition) is 4. The molecule has 1 heterocycles. The van der Waals surface area contributed by atoms with Crippen LogP contribution in [0.15, 0.2) is 29.4 Å². The highest BCUT2D eigenvalue weighted by Crippen LogP contribution is 2.25. The van der Waals surface area contributed by atoms with Gasteiger partial charge in [-0.1, -0.05) is 37.7 Å². The number of carbonyl (C=O) groups is 2. The molecule has 0 radical (unpaired) electrons. The number of urea groups is 1. The van der Waals surface area contributed by atoms with E-state index in [4.69, 9.17) is 0 Å². The Morgan fingerprint density at radius 3 is 2.58 bits per heavy atom. The topological polar surface area (TPSA) is 76.0 Å². The zero-order valence-corrected chi connectivity index (χ0v) is 15.3. The molecule has 24 heavy (non-hydrogen) atoms. The fraction of sp³-hybridized carbons (Fsp3) is 0.471. The molecular weight excluding hydrogens is 324 g/mol. The fourth-order valence-corrected chi connectivity index (χ4v) is 3.12. The molecule has 0 saturated carbocycles. The number of imidazole rings is 1. The second-order valence-corrected chi connectivity index (χ2v) is 7.30. The first-order valence-electron chi connectivity index (χ1n) is 8.05. The normalized spacial score (nSPS) is 11.2. The highest BCUT2D eigenvalue weighted by molar-refractivity contribution is 7.99. The van der Waals surface area contributed by atoms with Crippen LogP contribution in [-0.2, 0) is 11.3 Å². The van der Waals surface area contributed by atoms with Gasteiger partial charge in [0.25, 0.3) is 0 Å². The van der Waals surface area contributed by atoms with Gasteiger partial charge in [0.1, 0.15) is 0 Å². The molecule has 2 N–H and O–H groups in total. The maximum Gasteiger partial charge on any atom is 0.321 e. The van der Waals surface area contributed by atoms with E-state index in [-0.39, 0.29) is 17.7 Å². The Morgan fingerprint density at radius 1 is 1.21 bits per heavy atom. The Bertz CT molecular complexity index is 724. The molecule has 3 amide bonds. The monoisotopic (exact) mass is 348 g/mol. The maximum atomic E-state index is 11.9. The Balaban J connectivity index is 2.06. The molecule has 0 spiro atoms. The van der Waals surface area contributed by atoms with E-state index >= 15 is 0 Å². The van der Waals surface area contributed by atoms with Gasteiger partial charge in [-0.05, 0) is 31.9 Å². The van der Waals surface area contributed by atoms with Crippen molar-refractivity contribution in [1.82, 2.24) is 20.2 Å². The van der Waals surface area contributed by atoms with Gasteiger partial charge in [0, 0.05) is 12.6 Å². The van der Waals surface area contributed by atoms with Crippen molar-refractivity contribution in [3.05, 3.63) is 24.3 Å². The molecule has 0 aliphatic carbocycles. The standard InChI is InChI=1S/C17H24N4O2S/c1-11(2)9-21-14-8-6-5-7-13(14)19-17(21)24-10-15(22)20-16(23)18-12(3)4/h5-8,11-12H,9-10H2,1-4H3,(H2,18,20,22,23). The lowest BCUT2D eigenvalue weighted by molar-refractivity contribution is -0.117. The van der Waals surface area contributed by atoms with Crippen molar-refractivity contribution in [2.45, 2.75) is 45.4 Å². The summed E-state index contributed by atoms with van der Waals surface area (Å²) in [5.41, 5.74) is 1.98. The number of imide groups is 1. The first kappa shape index (κ1) is 18.3. The Hall–Kier alpha value is -2.02. The predicted octanol–water partition coefficient (Wildman–Crippen LogP) is 3.02. The third-order valence-electron chi connectivity index (χ3n) is 3.17. The first-order valence-corrected chi connectivity index (χ1v) is 9.03. The largest absolute Gasteiger partial charge is 0.336 e. The molecule has 0 aliphatic rings. The molecule has 0 unspecified atom stereocenters. The summed E-state index contributed by atoms with van der Waals surface area (Å²) in [5.74, 6) is 0.279. The zero-order chi connectivity index (χ0) is 17.7. The van der Waals surface area contributed by atoms with Gasteiger partial charge in [-0.3, -0.25) is 10.1 Å². The van der Waals surface area contributed by atoms with Gasteiger partial charge in [-0.15, -0.1) is 0 Å². The van der Waals surface area contributed by atoms with Gasteiger partial charge in [0.2, 0.25) is 5.91 Å². The molecule has 0 bridgehead atoms. The minimum atomic E-state index is -0.466. The number of thioether (sulfide) groups is 1. The van der Waals surface area contributed by atoms with Gasteiger partial charge >= 0.3 is 6.03 Å². The van der Waals surface area contributed by atoms with Crippen molar-refractivity contribution in [2.24, 2.45) is 5.92 Å². The lowest BCUT2D eigenvalue weighted by Crippen LogP contribution is -2.43. The molecule has 0 saturated heterocycles. The molecule has 0 aliphatic heterocycles. The Kier molecular flexibility index (Phi) is 6.25. The number of fused-ring (bicyclic) bond motifs is 1. The van der Waals surface area contributed by atoms with Crippen molar-refractivity contribution in [2.75, 3.05) is 5.75 Å². The van der Waals surface area contributed by atoms with E-state index in [1.54, 1.807) is 0 Å². The maximum absolute atomic E-state index is 11.9. The van der Waals surface area contributed by atoms with Crippen LogP contribution >= 0.6 is 11.8 Å². The minimum Gasteiger partial charge on any atom is -0.336 e. The summed E-state index contributed by atoms with van der Waals surface area (Å²) in [4.78, 5) is 28.1. The van der Waals surface area contributed by atoms with Crippen LogP contribution in [0.3, 0.4) is 0 Å². The quantitative estimate of drug-likeness (QED) is 0.787. The van der Waals surface area contributed by atoms with Gasteiger partial charge < -0.3 is 9.88 Å². The number of nitrogens with one attached hydrogen (secondary N) is 2. The number of benzene rings is 1. The van der Waals surface area contributed by atoms with Crippen LogP contribution in [0.25, 0.3) is 11.0 Å². The predicted molar refractivity (Wildman–Crippen MR) is 97.1 cm³/mol. The summed E-state index contributed by atoms with van der Waals surface area (Å²) in [5, 5.41) is 5.75. The summed E-state index contributed by atoms with van der Waals surface area (Å²) in [6.45, 7) is 8.80. The average molecular weight is 348 g/mol. The van der Waals surface area contributed by atoms with Crippen LogP contribution in [0.4, 0.5) is 4.79 Å². The Labute approximate surface area is 146 Å². The van der Waals surface area contributed by atoms with Crippen molar-refractivity contribution >= 4 is 34.7 Å². The van der Waals surface area contributed by atoms with E-state index < -0.39 is 6.03 Å². The van der Waals surface area contributed by atoms with Crippen LogP contribution < -0.4 is 10.6 Å². The summed E-state index contributed by atoms with van der Waals surface area (Å²) >= 11 is 1.34. The molecule has 130 valence electrons.